The van der Waals surface area contributed by atoms with Gasteiger partial charge in [-0.15, -0.1) is 0 Å². The van der Waals surface area contributed by atoms with Crippen molar-refractivity contribution in [1.82, 2.24) is 4.90 Å². The van der Waals surface area contributed by atoms with Gasteiger partial charge >= 0.3 is 5.97 Å². The highest BCUT2D eigenvalue weighted by Crippen LogP contribution is 2.31. The molecule has 1 aliphatic heterocycles. The van der Waals surface area contributed by atoms with Crippen LogP contribution in [-0.4, -0.2) is 40.1 Å². The number of ether oxygens (including phenoxy) is 1. The molecule has 1 N–H and O–H groups in total. The Bertz CT molecular complexity index is 978. The van der Waals surface area contributed by atoms with Gasteiger partial charge in [0.05, 0.1) is 11.4 Å². The molecule has 3 rings (SSSR count). The van der Waals surface area contributed by atoms with Crippen molar-refractivity contribution in [3.63, 3.8) is 0 Å². The predicted molar refractivity (Wildman–Crippen MR) is 109 cm³/mol. The quantitative estimate of drug-likeness (QED) is 0.598. The van der Waals surface area contributed by atoms with Gasteiger partial charge in [0.1, 0.15) is 11.1 Å². The maximum absolute atomic E-state index is 13.0. The second-order valence-electron chi connectivity index (χ2n) is 6.22. The number of amides is 2. The topological polar surface area (TPSA) is 88.1 Å². The molecule has 0 spiro atoms. The third-order valence-electron chi connectivity index (χ3n) is 3.98. The smallest absolute Gasteiger partial charge is 0.308 e. The van der Waals surface area contributed by atoms with Gasteiger partial charge in [0.2, 0.25) is 11.8 Å². The van der Waals surface area contributed by atoms with Gasteiger partial charge in [-0.3, -0.25) is 19.3 Å². The number of anilines is 1. The van der Waals surface area contributed by atoms with E-state index in [0.717, 1.165) is 0 Å². The summed E-state index contributed by atoms with van der Waals surface area (Å²) in [4.78, 5) is 41.8. The lowest BCUT2D eigenvalue weighted by molar-refractivity contribution is -0.132. The maximum atomic E-state index is 13.0. The minimum absolute atomic E-state index is 0.0787. The first-order valence-electron chi connectivity index (χ1n) is 8.69. The SMILES string of the molecule is CC(=O)Oc1ccccc1NC(=O)C[C@@H]1SC(=Nc2ccc(F)cc2)N(C)C1=O. The molecule has 0 unspecified atom stereocenters. The van der Waals surface area contributed by atoms with Crippen molar-refractivity contribution in [2.45, 2.75) is 18.6 Å². The van der Waals surface area contributed by atoms with E-state index in [1.165, 1.54) is 47.9 Å². The van der Waals surface area contributed by atoms with Crippen molar-refractivity contribution in [3.05, 3.63) is 54.3 Å². The number of aliphatic imine (C=N–C) groups is 1. The van der Waals surface area contributed by atoms with Crippen molar-refractivity contribution in [2.75, 3.05) is 12.4 Å². The van der Waals surface area contributed by atoms with E-state index < -0.39 is 17.1 Å². The Balaban J connectivity index is 1.67. The van der Waals surface area contributed by atoms with Crippen LogP contribution in [0.5, 0.6) is 5.75 Å². The number of carbonyl (C=O) groups excluding carboxylic acids is 3. The molecule has 1 fully saturated rings. The molecule has 29 heavy (non-hydrogen) atoms. The first kappa shape index (κ1) is 20.5. The molecule has 0 aliphatic carbocycles. The average molecular weight is 415 g/mol. The van der Waals surface area contributed by atoms with Crippen LogP contribution in [-0.2, 0) is 14.4 Å². The Kier molecular flexibility index (Phi) is 6.28. The molecular weight excluding hydrogens is 397 g/mol. The van der Waals surface area contributed by atoms with Crippen LogP contribution in [0.3, 0.4) is 0 Å². The van der Waals surface area contributed by atoms with Crippen LogP contribution >= 0.6 is 11.8 Å². The zero-order valence-corrected chi connectivity index (χ0v) is 16.5. The van der Waals surface area contributed by atoms with Crippen molar-refractivity contribution in [2.24, 2.45) is 4.99 Å². The molecule has 0 saturated carbocycles. The highest BCUT2D eigenvalue weighted by molar-refractivity contribution is 8.15. The summed E-state index contributed by atoms with van der Waals surface area (Å²) < 4.78 is 18.1. The molecule has 0 radical (unpaired) electrons. The third-order valence-corrected chi connectivity index (χ3v) is 5.21. The molecule has 2 aromatic rings. The van der Waals surface area contributed by atoms with E-state index in [4.69, 9.17) is 4.74 Å². The molecule has 7 nitrogen and oxygen atoms in total. The van der Waals surface area contributed by atoms with Crippen LogP contribution in [0.15, 0.2) is 53.5 Å². The van der Waals surface area contributed by atoms with Crippen molar-refractivity contribution in [3.8, 4) is 5.75 Å². The molecule has 1 heterocycles. The minimum atomic E-state index is -0.639. The number of carbonyl (C=O) groups is 3. The summed E-state index contributed by atoms with van der Waals surface area (Å²) in [6.07, 6.45) is -0.0787. The second-order valence-corrected chi connectivity index (χ2v) is 7.39. The first-order chi connectivity index (χ1) is 13.8. The number of rotatable bonds is 5. The second kappa shape index (κ2) is 8.87. The van der Waals surface area contributed by atoms with Crippen LogP contribution < -0.4 is 10.1 Å². The predicted octanol–water partition coefficient (Wildman–Crippen LogP) is 3.34. The van der Waals surface area contributed by atoms with Gasteiger partial charge in [0.25, 0.3) is 0 Å². The molecule has 1 atom stereocenters. The number of para-hydroxylation sites is 2. The lowest BCUT2D eigenvalue weighted by Gasteiger charge is -2.11. The number of esters is 1. The highest BCUT2D eigenvalue weighted by atomic mass is 32.2. The van der Waals surface area contributed by atoms with Gasteiger partial charge in [0, 0.05) is 20.4 Å². The zero-order valence-electron chi connectivity index (χ0n) is 15.7. The molecule has 2 amide bonds. The fourth-order valence-corrected chi connectivity index (χ4v) is 3.76. The van der Waals surface area contributed by atoms with Crippen LogP contribution in [0.1, 0.15) is 13.3 Å². The fraction of sp³-hybridized carbons (Fsp3) is 0.200. The van der Waals surface area contributed by atoms with Crippen LogP contribution in [0.4, 0.5) is 15.8 Å². The maximum Gasteiger partial charge on any atom is 0.308 e. The van der Waals surface area contributed by atoms with E-state index in [9.17, 15) is 18.8 Å². The van der Waals surface area contributed by atoms with Gasteiger partial charge in [-0.1, -0.05) is 23.9 Å². The normalized spacial score (nSPS) is 17.5. The molecule has 9 heteroatoms. The van der Waals surface area contributed by atoms with Crippen LogP contribution in [0, 0.1) is 5.82 Å². The van der Waals surface area contributed by atoms with Crippen LogP contribution in [0.25, 0.3) is 0 Å². The van der Waals surface area contributed by atoms with Gasteiger partial charge < -0.3 is 10.1 Å². The molecule has 1 aliphatic rings. The number of benzene rings is 2. The zero-order chi connectivity index (χ0) is 21.0. The van der Waals surface area contributed by atoms with Gasteiger partial charge in [-0.25, -0.2) is 9.38 Å². The lowest BCUT2D eigenvalue weighted by atomic mass is 10.2. The molecule has 0 bridgehead atoms. The Hall–Kier alpha value is -3.20. The van der Waals surface area contributed by atoms with E-state index in [1.807, 2.05) is 0 Å². The Morgan fingerprint density at radius 1 is 1.21 bits per heavy atom. The van der Waals surface area contributed by atoms with E-state index in [1.54, 1.807) is 31.3 Å². The number of amidine groups is 1. The lowest BCUT2D eigenvalue weighted by Crippen LogP contribution is -2.30. The summed E-state index contributed by atoms with van der Waals surface area (Å²) in [6, 6.07) is 12.1. The summed E-state index contributed by atoms with van der Waals surface area (Å²) in [7, 11) is 1.57. The number of hydrogen-bond acceptors (Lipinski definition) is 6. The Labute approximate surface area is 170 Å². The van der Waals surface area contributed by atoms with E-state index in [0.29, 0.717) is 16.5 Å². The van der Waals surface area contributed by atoms with Crippen molar-refractivity contribution < 1.29 is 23.5 Å². The summed E-state index contributed by atoms with van der Waals surface area (Å²) in [5.74, 6) is -1.29. The van der Waals surface area contributed by atoms with Gasteiger partial charge in [-0.05, 0) is 36.4 Å². The van der Waals surface area contributed by atoms with Crippen LogP contribution in [0.2, 0.25) is 0 Å². The Morgan fingerprint density at radius 2 is 1.90 bits per heavy atom. The first-order valence-corrected chi connectivity index (χ1v) is 9.57. The molecule has 0 aromatic heterocycles. The van der Waals surface area contributed by atoms with Gasteiger partial charge in [-0.2, -0.15) is 0 Å². The summed E-state index contributed by atoms with van der Waals surface area (Å²) in [6.45, 7) is 1.27. The fourth-order valence-electron chi connectivity index (χ4n) is 2.61. The highest BCUT2D eigenvalue weighted by Gasteiger charge is 2.37. The summed E-state index contributed by atoms with van der Waals surface area (Å²) in [5.41, 5.74) is 0.852. The average Bonchev–Trinajstić information content (AvgIpc) is 2.92. The number of nitrogens with zero attached hydrogens (tertiary/aromatic N) is 2. The van der Waals surface area contributed by atoms with Gasteiger partial charge in [0.15, 0.2) is 10.9 Å². The minimum Gasteiger partial charge on any atom is -0.424 e. The standard InChI is InChI=1S/C20H18FN3O4S/c1-12(25)28-16-6-4-3-5-15(16)23-18(26)11-17-19(27)24(2)20(29-17)22-14-9-7-13(21)8-10-14/h3-10,17H,11H2,1-2H3,(H,23,26)/t17-/m0/s1. The Morgan fingerprint density at radius 3 is 2.59 bits per heavy atom. The molecule has 150 valence electrons. The number of halogens is 1. The van der Waals surface area contributed by atoms with E-state index in [-0.39, 0.29) is 23.9 Å². The van der Waals surface area contributed by atoms with Crippen molar-refractivity contribution in [1.29, 1.82) is 0 Å². The number of nitrogens with one attached hydrogen (secondary N) is 1. The molecular formula is C20H18FN3O4S. The summed E-state index contributed by atoms with van der Waals surface area (Å²) >= 11 is 1.17. The monoisotopic (exact) mass is 415 g/mol. The largest absolute Gasteiger partial charge is 0.424 e. The third kappa shape index (κ3) is 5.20. The number of thioether (sulfide) groups is 1. The molecule has 2 aromatic carbocycles. The molecule has 1 saturated heterocycles. The number of hydrogen-bond donors (Lipinski definition) is 1. The summed E-state index contributed by atoms with van der Waals surface area (Å²) in [5, 5.41) is 2.46. The van der Waals surface area contributed by atoms with E-state index in [2.05, 4.69) is 10.3 Å². The van der Waals surface area contributed by atoms with E-state index >= 15 is 0 Å². The van der Waals surface area contributed by atoms with Crippen molar-refractivity contribution >= 4 is 46.1 Å².